The van der Waals surface area contributed by atoms with Crippen LogP contribution >= 0.6 is 35.6 Å². The molecule has 6 nitrogen and oxygen atoms in total. The summed E-state index contributed by atoms with van der Waals surface area (Å²) in [6.07, 6.45) is 3.22. The second kappa shape index (κ2) is 9.07. The van der Waals surface area contributed by atoms with E-state index in [0.29, 0.717) is 27.0 Å². The van der Waals surface area contributed by atoms with Crippen LogP contribution in [-0.2, 0) is 14.3 Å². The van der Waals surface area contributed by atoms with Gasteiger partial charge in [0.2, 0.25) is 0 Å². The Hall–Kier alpha value is -2.03. The van der Waals surface area contributed by atoms with Crippen LogP contribution in [0.25, 0.3) is 6.08 Å². The molecule has 0 spiro atoms. The number of hydrogen-bond donors (Lipinski definition) is 0. The molecular formula is C17H16ClNO5S2. The molecule has 138 valence electrons. The molecule has 0 unspecified atom stereocenters. The van der Waals surface area contributed by atoms with E-state index in [1.54, 1.807) is 24.3 Å². The predicted molar refractivity (Wildman–Crippen MR) is 106 cm³/mol. The molecule has 1 heterocycles. The Labute approximate surface area is 165 Å². The zero-order chi connectivity index (χ0) is 19.3. The maximum atomic E-state index is 12.5. The van der Waals surface area contributed by atoms with Gasteiger partial charge in [-0.25, -0.2) is 0 Å². The zero-order valence-electron chi connectivity index (χ0n) is 14.1. The van der Waals surface area contributed by atoms with E-state index in [1.807, 2.05) is 0 Å². The Bertz CT molecular complexity index is 794. The smallest absolute Gasteiger partial charge is 0.325 e. The molecule has 1 aromatic carbocycles. The van der Waals surface area contributed by atoms with Gasteiger partial charge in [-0.3, -0.25) is 14.5 Å². The average Bonchev–Trinajstić information content (AvgIpc) is 2.87. The summed E-state index contributed by atoms with van der Waals surface area (Å²) in [5.41, 5.74) is 0.636. The van der Waals surface area contributed by atoms with Crippen molar-refractivity contribution < 1.29 is 23.8 Å². The van der Waals surface area contributed by atoms with E-state index < -0.39 is 5.97 Å². The summed E-state index contributed by atoms with van der Waals surface area (Å²) in [7, 11) is 2.74. The first-order valence-corrected chi connectivity index (χ1v) is 8.95. The van der Waals surface area contributed by atoms with Gasteiger partial charge in [0, 0.05) is 0 Å². The number of esters is 1. The summed E-state index contributed by atoms with van der Waals surface area (Å²) in [4.78, 5) is 25.4. The van der Waals surface area contributed by atoms with Gasteiger partial charge >= 0.3 is 5.97 Å². The third-order valence-corrected chi connectivity index (χ3v) is 4.94. The van der Waals surface area contributed by atoms with Gasteiger partial charge in [0.25, 0.3) is 5.91 Å². The number of thiocarbonyl (C=S) groups is 1. The van der Waals surface area contributed by atoms with Gasteiger partial charge < -0.3 is 14.2 Å². The molecule has 9 heteroatoms. The number of carbonyl (C=O) groups is 2. The molecule has 0 N–H and O–H groups in total. The van der Waals surface area contributed by atoms with Crippen LogP contribution in [0.15, 0.2) is 29.7 Å². The Morgan fingerprint density at radius 3 is 2.77 bits per heavy atom. The average molecular weight is 414 g/mol. The maximum absolute atomic E-state index is 12.5. The van der Waals surface area contributed by atoms with E-state index in [9.17, 15) is 9.59 Å². The monoisotopic (exact) mass is 413 g/mol. The summed E-state index contributed by atoms with van der Waals surface area (Å²) in [5, 5.41) is 0.336. The Morgan fingerprint density at radius 1 is 1.42 bits per heavy atom. The van der Waals surface area contributed by atoms with Crippen molar-refractivity contribution in [3.63, 3.8) is 0 Å². The van der Waals surface area contributed by atoms with Crippen LogP contribution in [0.4, 0.5) is 0 Å². The van der Waals surface area contributed by atoms with Crippen molar-refractivity contribution in [2.24, 2.45) is 0 Å². The van der Waals surface area contributed by atoms with Crippen molar-refractivity contribution in [2.45, 2.75) is 0 Å². The van der Waals surface area contributed by atoms with Crippen LogP contribution in [0.5, 0.6) is 11.5 Å². The van der Waals surface area contributed by atoms with Crippen LogP contribution in [0, 0.1) is 0 Å². The molecule has 1 amide bonds. The molecule has 1 aromatic rings. The molecule has 1 saturated heterocycles. The largest absolute Gasteiger partial charge is 0.493 e. The highest BCUT2D eigenvalue weighted by molar-refractivity contribution is 8.26. The van der Waals surface area contributed by atoms with Crippen molar-refractivity contribution in [2.75, 3.05) is 27.4 Å². The molecule has 0 atom stereocenters. The number of hydrogen-bond acceptors (Lipinski definition) is 7. The lowest BCUT2D eigenvalue weighted by Crippen LogP contribution is -2.33. The van der Waals surface area contributed by atoms with Gasteiger partial charge in [-0.15, -0.1) is 0 Å². The molecule has 1 fully saturated rings. The van der Waals surface area contributed by atoms with Gasteiger partial charge in [0.15, 0.2) is 11.5 Å². The second-order valence-electron chi connectivity index (χ2n) is 4.98. The maximum Gasteiger partial charge on any atom is 0.325 e. The SMILES string of the molecule is C=CCOc1c(Cl)cc(/C=C2\SC(=S)N(CC(=O)OC)C2=O)cc1OC. The topological polar surface area (TPSA) is 65.1 Å². The van der Waals surface area contributed by atoms with Crippen molar-refractivity contribution >= 4 is 57.9 Å². The van der Waals surface area contributed by atoms with E-state index in [4.69, 9.17) is 33.3 Å². The van der Waals surface area contributed by atoms with Crippen LogP contribution < -0.4 is 9.47 Å². The van der Waals surface area contributed by atoms with Crippen LogP contribution in [-0.4, -0.2) is 48.5 Å². The minimum absolute atomic E-state index is 0.225. The van der Waals surface area contributed by atoms with E-state index in [1.165, 1.54) is 19.1 Å². The molecule has 26 heavy (non-hydrogen) atoms. The molecule has 0 saturated carbocycles. The predicted octanol–water partition coefficient (Wildman–Crippen LogP) is 3.29. The first-order valence-electron chi connectivity index (χ1n) is 7.34. The summed E-state index contributed by atoms with van der Waals surface area (Å²) in [5.74, 6) is -0.0939. The third-order valence-electron chi connectivity index (χ3n) is 3.28. The van der Waals surface area contributed by atoms with Gasteiger partial charge in [0.1, 0.15) is 17.5 Å². The van der Waals surface area contributed by atoms with Crippen molar-refractivity contribution in [3.05, 3.63) is 40.3 Å². The lowest BCUT2D eigenvalue weighted by molar-refractivity contribution is -0.143. The fraction of sp³-hybridized carbons (Fsp3) is 0.235. The third kappa shape index (κ3) is 4.57. The van der Waals surface area contributed by atoms with Crippen LogP contribution in [0.3, 0.4) is 0 Å². The molecule has 0 radical (unpaired) electrons. The number of rotatable bonds is 7. The molecule has 1 aliphatic rings. The fourth-order valence-corrected chi connectivity index (χ4v) is 3.62. The summed E-state index contributed by atoms with van der Waals surface area (Å²) < 4.78 is 15.7. The van der Waals surface area contributed by atoms with Gasteiger partial charge in [-0.05, 0) is 23.8 Å². The lowest BCUT2D eigenvalue weighted by Gasteiger charge is -2.12. The first-order chi connectivity index (χ1) is 12.4. The van der Waals surface area contributed by atoms with E-state index in [2.05, 4.69) is 11.3 Å². The second-order valence-corrected chi connectivity index (χ2v) is 7.06. The highest BCUT2D eigenvalue weighted by atomic mass is 35.5. The number of benzene rings is 1. The van der Waals surface area contributed by atoms with E-state index in [-0.39, 0.29) is 23.4 Å². The summed E-state index contributed by atoms with van der Waals surface area (Å²) in [6.45, 7) is 3.64. The Balaban J connectivity index is 2.30. The van der Waals surface area contributed by atoms with Crippen molar-refractivity contribution in [1.29, 1.82) is 0 Å². The quantitative estimate of drug-likeness (QED) is 0.294. The molecule has 0 aliphatic carbocycles. The standard InChI is InChI=1S/C17H16ClNO5S2/c1-4-5-24-15-11(18)6-10(7-12(15)22-2)8-13-16(21)19(17(25)26-13)9-14(20)23-3/h4,6-8H,1,5,9H2,2-3H3/b13-8-. The zero-order valence-corrected chi connectivity index (χ0v) is 16.5. The number of thioether (sulfide) groups is 1. The number of halogens is 1. The summed E-state index contributed by atoms with van der Waals surface area (Å²) in [6, 6.07) is 3.34. The van der Waals surface area contributed by atoms with Gasteiger partial charge in [-0.1, -0.05) is 48.2 Å². The van der Waals surface area contributed by atoms with Crippen LogP contribution in [0.1, 0.15) is 5.56 Å². The van der Waals surface area contributed by atoms with Gasteiger partial charge in [-0.2, -0.15) is 0 Å². The highest BCUT2D eigenvalue weighted by Gasteiger charge is 2.33. The minimum atomic E-state index is -0.545. The molecule has 0 aromatic heterocycles. The molecular weight excluding hydrogens is 398 g/mol. The fourth-order valence-electron chi connectivity index (χ4n) is 2.09. The molecule has 0 bridgehead atoms. The van der Waals surface area contributed by atoms with E-state index >= 15 is 0 Å². The minimum Gasteiger partial charge on any atom is -0.493 e. The number of amides is 1. The Morgan fingerprint density at radius 2 is 2.15 bits per heavy atom. The number of ether oxygens (including phenoxy) is 3. The molecule has 1 aliphatic heterocycles. The van der Waals surface area contributed by atoms with Crippen molar-refractivity contribution in [3.8, 4) is 11.5 Å². The Kier molecular flexibility index (Phi) is 7.07. The normalized spacial score (nSPS) is 15.3. The highest BCUT2D eigenvalue weighted by Crippen LogP contribution is 2.39. The number of carbonyl (C=O) groups excluding carboxylic acids is 2. The number of nitrogens with zero attached hydrogens (tertiary/aromatic N) is 1. The number of methoxy groups -OCH3 is 2. The van der Waals surface area contributed by atoms with Gasteiger partial charge in [0.05, 0.1) is 24.1 Å². The van der Waals surface area contributed by atoms with Crippen molar-refractivity contribution in [1.82, 2.24) is 4.90 Å². The molecule has 2 rings (SSSR count). The lowest BCUT2D eigenvalue weighted by atomic mass is 10.1. The van der Waals surface area contributed by atoms with E-state index in [0.717, 1.165) is 11.8 Å². The van der Waals surface area contributed by atoms with Crippen LogP contribution in [0.2, 0.25) is 5.02 Å². The summed E-state index contributed by atoms with van der Waals surface area (Å²) >= 11 is 12.5. The first kappa shape index (κ1) is 20.3.